The molecule has 0 saturated carbocycles. The molecule has 2 aliphatic heterocycles. The van der Waals surface area contributed by atoms with Crippen LogP contribution in [0.5, 0.6) is 0 Å². The second kappa shape index (κ2) is 7.86. The zero-order chi connectivity index (χ0) is 19.8. The number of amides is 2. The fourth-order valence-electron chi connectivity index (χ4n) is 3.14. The topological polar surface area (TPSA) is 92.3 Å². The highest BCUT2D eigenvalue weighted by Gasteiger charge is 2.54. The van der Waals surface area contributed by atoms with Gasteiger partial charge < -0.3 is 5.32 Å². The van der Waals surface area contributed by atoms with Crippen LogP contribution < -0.4 is 5.32 Å². The Morgan fingerprint density at radius 1 is 1.39 bits per heavy atom. The molecule has 1 aromatic carbocycles. The van der Waals surface area contributed by atoms with Crippen LogP contribution in [-0.2, 0) is 20.8 Å². The Morgan fingerprint density at radius 2 is 2.21 bits per heavy atom. The number of halogens is 1. The molecule has 0 radical (unpaired) electrons. The lowest BCUT2D eigenvalue weighted by Gasteiger charge is -2.49. The standard InChI is InChI=1S/C17H13ClN4O3S3/c18-9-3-1-2-8(4-9)5-11(23)20-12-15(24)22-13(17(25)26)10(6-27-16(12)22)14-21-19-7-28-14/h1-4,7,12,16H,5-6H2,(H,20,23)(H,25,26)/t12-,16-/m1/s1. The van der Waals surface area contributed by atoms with E-state index >= 15 is 0 Å². The van der Waals surface area contributed by atoms with Crippen LogP contribution in [0.15, 0.2) is 35.5 Å². The molecular formula is C17H13ClN4O3S3. The summed E-state index contributed by atoms with van der Waals surface area (Å²) in [5, 5.41) is 10.8. The molecule has 1 N–H and O–H groups in total. The molecule has 4 rings (SSSR count). The minimum absolute atomic E-state index is 0.117. The van der Waals surface area contributed by atoms with E-state index in [0.717, 1.165) is 5.56 Å². The van der Waals surface area contributed by atoms with Gasteiger partial charge in [-0.3, -0.25) is 19.3 Å². The van der Waals surface area contributed by atoms with Crippen LogP contribution in [-0.4, -0.2) is 49.2 Å². The number of hydrogen-bond donors (Lipinski definition) is 2. The zero-order valence-corrected chi connectivity index (χ0v) is 17.4. The minimum atomic E-state index is -0.685. The fourth-order valence-corrected chi connectivity index (χ4v) is 5.64. The number of benzene rings is 1. The summed E-state index contributed by atoms with van der Waals surface area (Å²) in [6, 6.07) is 6.32. The normalized spacial score (nSPS) is 21.2. The van der Waals surface area contributed by atoms with Crippen molar-refractivity contribution in [1.82, 2.24) is 20.4 Å². The molecule has 0 bridgehead atoms. The van der Waals surface area contributed by atoms with E-state index in [1.54, 1.807) is 29.8 Å². The molecule has 1 aromatic heterocycles. The summed E-state index contributed by atoms with van der Waals surface area (Å²) in [4.78, 5) is 38.6. The number of β-lactam (4-membered cyclic amide) rings is 1. The Labute approximate surface area is 178 Å². The number of carbonyl (C=O) groups is 3. The molecule has 2 atom stereocenters. The van der Waals surface area contributed by atoms with E-state index in [0.29, 0.717) is 21.4 Å². The number of carbonyl (C=O) groups excluding carboxylic acids is 3. The molecule has 3 heterocycles. The molecule has 0 spiro atoms. The highest BCUT2D eigenvalue weighted by Crippen LogP contribution is 2.44. The molecule has 144 valence electrons. The summed E-state index contributed by atoms with van der Waals surface area (Å²) in [6.07, 6.45) is 0.117. The Kier molecular flexibility index (Phi) is 5.46. The van der Waals surface area contributed by atoms with Crippen molar-refractivity contribution in [2.75, 3.05) is 5.75 Å². The maximum atomic E-state index is 12.7. The molecule has 1 fully saturated rings. The van der Waals surface area contributed by atoms with E-state index in [-0.39, 0.29) is 29.3 Å². The Bertz CT molecular complexity index is 995. The van der Waals surface area contributed by atoms with Crippen molar-refractivity contribution in [3.8, 4) is 0 Å². The number of rotatable bonds is 5. The van der Waals surface area contributed by atoms with Gasteiger partial charge in [0.2, 0.25) is 11.0 Å². The summed E-state index contributed by atoms with van der Waals surface area (Å²) in [5.41, 5.74) is 3.18. The third-order valence-corrected chi connectivity index (χ3v) is 6.84. The van der Waals surface area contributed by atoms with Gasteiger partial charge in [0, 0.05) is 16.3 Å². The average Bonchev–Trinajstić information content (AvgIpc) is 3.19. The van der Waals surface area contributed by atoms with Crippen LogP contribution in [0.3, 0.4) is 0 Å². The largest absolute Gasteiger partial charge is 0.341 e. The van der Waals surface area contributed by atoms with Gasteiger partial charge in [0.1, 0.15) is 27.6 Å². The summed E-state index contributed by atoms with van der Waals surface area (Å²) in [5.74, 6) is -0.138. The van der Waals surface area contributed by atoms with Crippen LogP contribution in [0.1, 0.15) is 10.6 Å². The van der Waals surface area contributed by atoms with E-state index < -0.39 is 11.2 Å². The van der Waals surface area contributed by atoms with Crippen molar-refractivity contribution >= 4 is 69.8 Å². The van der Waals surface area contributed by atoms with Gasteiger partial charge >= 0.3 is 0 Å². The average molecular weight is 453 g/mol. The lowest BCUT2D eigenvalue weighted by atomic mass is 10.0. The molecule has 2 amide bonds. The number of hydrogen-bond acceptors (Lipinski definition) is 7. The molecule has 11 heteroatoms. The first-order valence-corrected chi connectivity index (χ1v) is 10.9. The molecule has 7 nitrogen and oxygen atoms in total. The molecule has 28 heavy (non-hydrogen) atoms. The third kappa shape index (κ3) is 3.57. The van der Waals surface area contributed by atoms with Gasteiger partial charge in [0.25, 0.3) is 5.91 Å². The SMILES string of the molecule is O=C(Cc1cccc(Cl)c1)N[C@@H]1C(=O)N2C(C(=O)S)=C(c3nncs3)CS[C@H]12. The van der Waals surface area contributed by atoms with Crippen molar-refractivity contribution in [2.24, 2.45) is 0 Å². The molecule has 1 saturated heterocycles. The number of aromatic nitrogens is 2. The molecule has 0 aliphatic carbocycles. The van der Waals surface area contributed by atoms with Gasteiger partial charge in [-0.05, 0) is 17.7 Å². The first-order chi connectivity index (χ1) is 13.5. The quantitative estimate of drug-likeness (QED) is 0.532. The van der Waals surface area contributed by atoms with E-state index in [1.807, 2.05) is 0 Å². The van der Waals surface area contributed by atoms with E-state index in [1.165, 1.54) is 28.0 Å². The maximum Gasteiger partial charge on any atom is 0.253 e. The maximum absolute atomic E-state index is 12.7. The third-order valence-electron chi connectivity index (χ3n) is 4.36. The second-order valence-electron chi connectivity index (χ2n) is 6.14. The highest BCUT2D eigenvalue weighted by atomic mass is 35.5. The number of fused-ring (bicyclic) bond motifs is 1. The first kappa shape index (κ1) is 19.4. The van der Waals surface area contributed by atoms with Crippen LogP contribution in [0.4, 0.5) is 0 Å². The van der Waals surface area contributed by atoms with Gasteiger partial charge in [-0.1, -0.05) is 36.4 Å². The number of nitrogens with one attached hydrogen (secondary N) is 1. The smallest absolute Gasteiger partial charge is 0.253 e. The summed E-state index contributed by atoms with van der Waals surface area (Å²) >= 11 is 12.6. The van der Waals surface area contributed by atoms with Gasteiger partial charge in [-0.15, -0.1) is 33.3 Å². The lowest BCUT2D eigenvalue weighted by Crippen LogP contribution is -2.70. The van der Waals surface area contributed by atoms with Crippen molar-refractivity contribution < 1.29 is 14.4 Å². The van der Waals surface area contributed by atoms with Gasteiger partial charge in [0.15, 0.2) is 0 Å². The summed E-state index contributed by atoms with van der Waals surface area (Å²) in [6.45, 7) is 0. The van der Waals surface area contributed by atoms with E-state index in [2.05, 4.69) is 28.1 Å². The number of nitrogens with zero attached hydrogens (tertiary/aromatic N) is 3. The predicted molar refractivity (Wildman–Crippen MR) is 111 cm³/mol. The Hall–Kier alpha value is -1.88. The Morgan fingerprint density at radius 3 is 2.89 bits per heavy atom. The van der Waals surface area contributed by atoms with Gasteiger partial charge in [-0.25, -0.2) is 0 Å². The van der Waals surface area contributed by atoms with Crippen molar-refractivity contribution in [3.05, 3.63) is 51.1 Å². The van der Waals surface area contributed by atoms with Crippen LogP contribution in [0.25, 0.3) is 5.57 Å². The monoisotopic (exact) mass is 452 g/mol. The van der Waals surface area contributed by atoms with Crippen molar-refractivity contribution in [1.29, 1.82) is 0 Å². The molecule has 2 aromatic rings. The Balaban J connectivity index is 1.50. The van der Waals surface area contributed by atoms with Gasteiger partial charge in [0.05, 0.1) is 6.42 Å². The van der Waals surface area contributed by atoms with Crippen LogP contribution in [0, 0.1) is 0 Å². The van der Waals surface area contributed by atoms with Crippen LogP contribution >= 0.6 is 47.3 Å². The number of thiol groups is 1. The minimum Gasteiger partial charge on any atom is -0.341 e. The predicted octanol–water partition coefficient (Wildman–Crippen LogP) is 2.00. The zero-order valence-electron chi connectivity index (χ0n) is 14.2. The van der Waals surface area contributed by atoms with Crippen LogP contribution in [0.2, 0.25) is 5.02 Å². The van der Waals surface area contributed by atoms with Crippen molar-refractivity contribution in [3.63, 3.8) is 0 Å². The highest BCUT2D eigenvalue weighted by molar-refractivity contribution is 8.00. The van der Waals surface area contributed by atoms with Gasteiger partial charge in [-0.2, -0.15) is 0 Å². The second-order valence-corrected chi connectivity index (χ2v) is 8.92. The first-order valence-electron chi connectivity index (χ1n) is 8.17. The number of thioether (sulfide) groups is 1. The fraction of sp³-hybridized carbons (Fsp3) is 0.235. The summed E-state index contributed by atoms with van der Waals surface area (Å²) in [7, 11) is 0. The summed E-state index contributed by atoms with van der Waals surface area (Å²) < 4.78 is 0. The lowest BCUT2D eigenvalue weighted by molar-refractivity contribution is -0.146. The molecule has 0 unspecified atom stereocenters. The van der Waals surface area contributed by atoms with E-state index in [4.69, 9.17) is 11.6 Å². The molecular weight excluding hydrogens is 440 g/mol. The molecule has 2 aliphatic rings. The van der Waals surface area contributed by atoms with E-state index in [9.17, 15) is 14.4 Å². The van der Waals surface area contributed by atoms with Crippen molar-refractivity contribution in [2.45, 2.75) is 17.8 Å².